The molecule has 0 nitrogen and oxygen atoms in total. The second-order valence-electron chi connectivity index (χ2n) is 6.00. The minimum atomic E-state index is 0. The molecule has 0 atom stereocenters. The molecule has 17 heavy (non-hydrogen) atoms. The van der Waals surface area contributed by atoms with Crippen LogP contribution in [0.1, 0.15) is 97.9 Å². The summed E-state index contributed by atoms with van der Waals surface area (Å²) in [5.41, 5.74) is 1.00. The van der Waals surface area contributed by atoms with E-state index in [2.05, 4.69) is 55.4 Å². The van der Waals surface area contributed by atoms with E-state index in [1.54, 1.807) is 0 Å². The molecular weight excluding hydrogens is 232 g/mol. The van der Waals surface area contributed by atoms with Gasteiger partial charge in [-0.3, -0.25) is 0 Å². The van der Waals surface area contributed by atoms with Crippen molar-refractivity contribution in [2.45, 2.75) is 97.9 Å². The molecule has 0 heterocycles. The van der Waals surface area contributed by atoms with Gasteiger partial charge in [0.05, 0.1) is 0 Å². The average molecular weight is 276 g/mol. The van der Waals surface area contributed by atoms with Crippen molar-refractivity contribution in [2.24, 2.45) is 10.8 Å². The zero-order valence-electron chi connectivity index (χ0n) is 13.4. The monoisotopic (exact) mass is 276 g/mol. The molecule has 0 saturated carbocycles. The van der Waals surface area contributed by atoms with Crippen LogP contribution in [0.2, 0.25) is 0 Å². The fourth-order valence-electron chi connectivity index (χ4n) is 0. The number of hydrogen-bond donors (Lipinski definition) is 0. The second-order valence-corrected chi connectivity index (χ2v) is 6.00. The summed E-state index contributed by atoms with van der Waals surface area (Å²) in [5.74, 6) is 0. The van der Waals surface area contributed by atoms with E-state index in [0.717, 1.165) is 0 Å². The molecule has 0 aliphatic heterocycles. The Balaban J connectivity index is -0.0000000160. The van der Waals surface area contributed by atoms with E-state index >= 15 is 0 Å². The smallest absolute Gasteiger partial charge is 0 e. The van der Waals surface area contributed by atoms with Crippen molar-refractivity contribution >= 4 is 0 Å². The molecule has 0 N–H and O–H groups in total. The van der Waals surface area contributed by atoms with Crippen molar-refractivity contribution in [1.29, 1.82) is 0 Å². The van der Waals surface area contributed by atoms with E-state index in [4.69, 9.17) is 0 Å². The number of hydrogen-bond acceptors (Lipinski definition) is 0. The van der Waals surface area contributed by atoms with Crippen LogP contribution < -0.4 is 0 Å². The van der Waals surface area contributed by atoms with Crippen molar-refractivity contribution in [3.05, 3.63) is 0 Å². The summed E-state index contributed by atoms with van der Waals surface area (Å²) in [7, 11) is 0. The molecule has 0 radical (unpaired) electrons. The van der Waals surface area contributed by atoms with E-state index < -0.39 is 0 Å². The predicted octanol–water partition coefficient (Wildman–Crippen LogP) is 7.43. The van der Waals surface area contributed by atoms with Gasteiger partial charge < -0.3 is 0 Å². The molecule has 0 aliphatic rings. The molecule has 116 valence electrons. The third-order valence-electron chi connectivity index (χ3n) is 0. The summed E-state index contributed by atoms with van der Waals surface area (Å²) >= 11 is 0. The maximum Gasteiger partial charge on any atom is 0 e. The van der Waals surface area contributed by atoms with Crippen LogP contribution in [0.4, 0.5) is 0 Å². The first kappa shape index (κ1) is 42.9. The molecule has 0 aromatic carbocycles. The fraction of sp³-hybridized carbons (Fsp3) is 1.00. The molecule has 0 saturated heterocycles. The molecule has 0 spiro atoms. The Labute approximate surface area is 145 Å². The van der Waals surface area contributed by atoms with Crippen molar-refractivity contribution in [3.63, 3.8) is 0 Å². The van der Waals surface area contributed by atoms with Crippen LogP contribution in [0.5, 0.6) is 0 Å². The van der Waals surface area contributed by atoms with Crippen molar-refractivity contribution in [2.75, 3.05) is 0 Å². The molecule has 0 amide bonds. The van der Waals surface area contributed by atoms with Gasteiger partial charge in [0.1, 0.15) is 0 Å². The molecule has 0 aliphatic carbocycles. The van der Waals surface area contributed by atoms with E-state index in [9.17, 15) is 0 Å². The quantitative estimate of drug-likeness (QED) is 0.431. The van der Waals surface area contributed by atoms with Crippen LogP contribution in [0.25, 0.3) is 0 Å². The normalized spacial score (nSPS) is 7.76. The van der Waals surface area contributed by atoms with Gasteiger partial charge in [-0.05, 0) is 10.8 Å². The minimum Gasteiger partial charge on any atom is -0.0776 e. The Kier molecular flexibility index (Phi) is 65.5. The molecule has 0 fully saturated rings. The number of rotatable bonds is 0. The Morgan fingerprint density at radius 2 is 0.412 bits per heavy atom. The van der Waals surface area contributed by atoms with E-state index in [1.807, 2.05) is 27.7 Å². The van der Waals surface area contributed by atoms with Crippen LogP contribution in [0.3, 0.4) is 0 Å². The summed E-state index contributed by atoms with van der Waals surface area (Å²) < 4.78 is 0. The first-order valence-corrected chi connectivity index (χ1v) is 6.00. The summed E-state index contributed by atoms with van der Waals surface area (Å²) in [6.07, 6.45) is 0. The van der Waals surface area contributed by atoms with Crippen LogP contribution in [0.15, 0.2) is 0 Å². The topological polar surface area (TPSA) is 0 Å². The van der Waals surface area contributed by atoms with Gasteiger partial charge >= 0.3 is 0 Å². The van der Waals surface area contributed by atoms with Gasteiger partial charge in [-0.2, -0.15) is 0 Å². The van der Waals surface area contributed by atoms with Gasteiger partial charge in [-0.1, -0.05) is 97.9 Å². The van der Waals surface area contributed by atoms with Crippen LogP contribution in [-0.2, 0) is 0 Å². The standard InChI is InChI=1S/2C5H12.2C2H6.2CH4.Ar/c2*1-5(2,3)4;2*1-2;;;/h2*1-4H3;2*1-2H3;2*1H4;. The summed E-state index contributed by atoms with van der Waals surface area (Å²) in [6.45, 7) is 25.5. The van der Waals surface area contributed by atoms with Gasteiger partial charge in [0.15, 0.2) is 0 Å². The molecule has 0 bridgehead atoms. The molecule has 0 aromatic rings. The maximum absolute atomic E-state index is 2.19. The Morgan fingerprint density at radius 1 is 0.412 bits per heavy atom. The first-order chi connectivity index (χ1) is 6.00. The zero-order chi connectivity index (χ0) is 13.0. The summed E-state index contributed by atoms with van der Waals surface area (Å²) in [4.78, 5) is 0. The van der Waals surface area contributed by atoms with Gasteiger partial charge in [0.2, 0.25) is 0 Å². The van der Waals surface area contributed by atoms with Crippen molar-refractivity contribution < 1.29 is 37.7 Å². The van der Waals surface area contributed by atoms with Crippen molar-refractivity contribution in [3.8, 4) is 0 Å². The Morgan fingerprint density at radius 3 is 0.412 bits per heavy atom. The molecule has 1 heteroatoms. The average Bonchev–Trinajstić information content (AvgIpc) is 1.88. The molecule has 0 aromatic heterocycles. The summed E-state index contributed by atoms with van der Waals surface area (Å²) in [6, 6.07) is 0. The van der Waals surface area contributed by atoms with Gasteiger partial charge in [-0.25, -0.2) is 0 Å². The van der Waals surface area contributed by atoms with Gasteiger partial charge in [0.25, 0.3) is 0 Å². The predicted molar refractivity (Wildman–Crippen MR) is 86.4 cm³/mol. The Bertz CT molecular complexity index is 48.5. The SMILES string of the molecule is C.C.CC.CC.CC(C)(C)C.CC(C)(C)C.[Ar]. The third kappa shape index (κ3) is 2530. The van der Waals surface area contributed by atoms with E-state index in [0.29, 0.717) is 10.8 Å². The van der Waals surface area contributed by atoms with E-state index in [1.165, 1.54) is 0 Å². The Hall–Kier alpha value is 1.26. The van der Waals surface area contributed by atoms with Crippen LogP contribution in [-0.4, -0.2) is 0 Å². The van der Waals surface area contributed by atoms with Gasteiger partial charge in [-0.15, -0.1) is 0 Å². The molecule has 0 rings (SSSR count). The largest absolute Gasteiger partial charge is 0.0776 e. The first-order valence-electron chi connectivity index (χ1n) is 6.00. The maximum atomic E-state index is 2.19. The minimum absolute atomic E-state index is 0. The third-order valence-corrected chi connectivity index (χ3v) is 0. The zero-order valence-corrected chi connectivity index (χ0v) is 14.1. The summed E-state index contributed by atoms with van der Waals surface area (Å²) in [5, 5.41) is 0. The van der Waals surface area contributed by atoms with Crippen molar-refractivity contribution in [1.82, 2.24) is 0 Å². The van der Waals surface area contributed by atoms with E-state index in [-0.39, 0.29) is 52.6 Å². The molecule has 0 unspecified atom stereocenters. The molecular formula is C16H44Ar. The fourth-order valence-corrected chi connectivity index (χ4v) is 0. The van der Waals surface area contributed by atoms with Gasteiger partial charge in [0, 0.05) is 37.7 Å². The second kappa shape index (κ2) is 26.0. The van der Waals surface area contributed by atoms with Crippen LogP contribution >= 0.6 is 0 Å². The van der Waals surface area contributed by atoms with Crippen LogP contribution in [0, 0.1) is 48.6 Å².